The van der Waals surface area contributed by atoms with Crippen molar-refractivity contribution >= 4 is 34.8 Å². The van der Waals surface area contributed by atoms with Gasteiger partial charge in [0.2, 0.25) is 0 Å². The molecule has 8 heteroatoms. The van der Waals surface area contributed by atoms with Crippen LogP contribution in [-0.2, 0) is 13.0 Å². The standard InChI is InChI=1S/C21H17Cl2N3O3/c22-17-7-4-15(20(23)13-17)10-12-25(14-18-3-1-2-11-24-18)21(27)16-5-8-19(9-6-16)26(28)29/h1-9,11,13H,10,12,14H2. The topological polar surface area (TPSA) is 76.3 Å². The Morgan fingerprint density at radius 1 is 1.07 bits per heavy atom. The molecule has 3 aromatic rings. The van der Waals surface area contributed by atoms with E-state index in [4.69, 9.17) is 23.2 Å². The molecule has 0 radical (unpaired) electrons. The summed E-state index contributed by atoms with van der Waals surface area (Å²) in [7, 11) is 0. The van der Waals surface area contributed by atoms with Crippen LogP contribution >= 0.6 is 23.2 Å². The molecule has 0 spiro atoms. The minimum atomic E-state index is -0.498. The number of amides is 1. The lowest BCUT2D eigenvalue weighted by atomic mass is 10.1. The van der Waals surface area contributed by atoms with Crippen molar-refractivity contribution in [2.75, 3.05) is 6.54 Å². The number of aromatic nitrogens is 1. The molecule has 3 rings (SSSR count). The molecule has 2 aromatic carbocycles. The van der Waals surface area contributed by atoms with Crippen molar-refractivity contribution in [3.8, 4) is 0 Å². The van der Waals surface area contributed by atoms with Gasteiger partial charge in [-0.15, -0.1) is 0 Å². The summed E-state index contributed by atoms with van der Waals surface area (Å²) in [6.07, 6.45) is 2.20. The molecule has 148 valence electrons. The van der Waals surface area contributed by atoms with Crippen LogP contribution in [0.15, 0.2) is 66.9 Å². The molecule has 0 aliphatic carbocycles. The monoisotopic (exact) mass is 429 g/mol. The largest absolute Gasteiger partial charge is 0.332 e. The van der Waals surface area contributed by atoms with Gasteiger partial charge in [0.1, 0.15) is 0 Å². The van der Waals surface area contributed by atoms with Gasteiger partial charge in [0.15, 0.2) is 0 Å². The molecule has 0 bridgehead atoms. The van der Waals surface area contributed by atoms with Gasteiger partial charge in [-0.25, -0.2) is 0 Å². The third kappa shape index (κ3) is 5.53. The fourth-order valence-corrected chi connectivity index (χ4v) is 3.33. The number of carbonyl (C=O) groups is 1. The summed E-state index contributed by atoms with van der Waals surface area (Å²) < 4.78 is 0. The van der Waals surface area contributed by atoms with Crippen LogP contribution in [0, 0.1) is 10.1 Å². The first-order valence-electron chi connectivity index (χ1n) is 8.81. The lowest BCUT2D eigenvalue weighted by Crippen LogP contribution is -2.32. The fourth-order valence-electron chi connectivity index (χ4n) is 2.83. The highest BCUT2D eigenvalue weighted by Gasteiger charge is 2.18. The molecular weight excluding hydrogens is 413 g/mol. The lowest BCUT2D eigenvalue weighted by molar-refractivity contribution is -0.384. The Labute approximate surface area is 177 Å². The van der Waals surface area contributed by atoms with Crippen molar-refractivity contribution in [3.05, 3.63) is 104 Å². The molecule has 1 amide bonds. The second-order valence-electron chi connectivity index (χ2n) is 6.34. The molecule has 0 saturated heterocycles. The van der Waals surface area contributed by atoms with Crippen LogP contribution in [0.4, 0.5) is 5.69 Å². The first-order valence-corrected chi connectivity index (χ1v) is 9.57. The van der Waals surface area contributed by atoms with Crippen molar-refractivity contribution in [1.82, 2.24) is 9.88 Å². The third-order valence-electron chi connectivity index (χ3n) is 4.36. The van der Waals surface area contributed by atoms with Gasteiger partial charge in [0.05, 0.1) is 17.2 Å². The van der Waals surface area contributed by atoms with E-state index in [1.54, 1.807) is 29.3 Å². The molecule has 0 N–H and O–H groups in total. The Morgan fingerprint density at radius 2 is 1.83 bits per heavy atom. The first kappa shape index (κ1) is 20.8. The predicted octanol–water partition coefficient (Wildman–Crippen LogP) is 5.18. The van der Waals surface area contributed by atoms with Crippen LogP contribution < -0.4 is 0 Å². The van der Waals surface area contributed by atoms with Crippen LogP contribution in [0.1, 0.15) is 21.6 Å². The molecule has 0 unspecified atom stereocenters. The molecule has 6 nitrogen and oxygen atoms in total. The van der Waals surface area contributed by atoms with Crippen LogP contribution in [0.25, 0.3) is 0 Å². The van der Waals surface area contributed by atoms with Crippen molar-refractivity contribution in [2.24, 2.45) is 0 Å². The third-order valence-corrected chi connectivity index (χ3v) is 4.94. The van der Waals surface area contributed by atoms with E-state index in [9.17, 15) is 14.9 Å². The highest BCUT2D eigenvalue weighted by Crippen LogP contribution is 2.22. The first-order chi connectivity index (χ1) is 13.9. The van der Waals surface area contributed by atoms with Crippen molar-refractivity contribution < 1.29 is 9.72 Å². The maximum absolute atomic E-state index is 13.1. The van der Waals surface area contributed by atoms with Crippen molar-refractivity contribution in [1.29, 1.82) is 0 Å². The number of hydrogen-bond acceptors (Lipinski definition) is 4. The second-order valence-corrected chi connectivity index (χ2v) is 7.18. The van der Waals surface area contributed by atoms with E-state index in [0.717, 1.165) is 11.3 Å². The second kappa shape index (κ2) is 9.49. The molecule has 1 heterocycles. The number of nitro benzene ring substituents is 1. The Hall–Kier alpha value is -2.96. The van der Waals surface area contributed by atoms with E-state index >= 15 is 0 Å². The minimum Gasteiger partial charge on any atom is -0.332 e. The smallest absolute Gasteiger partial charge is 0.269 e. The van der Waals surface area contributed by atoms with Crippen LogP contribution in [0.5, 0.6) is 0 Å². The van der Waals surface area contributed by atoms with Gasteiger partial charge in [0, 0.05) is 40.5 Å². The SMILES string of the molecule is O=C(c1ccc([N+](=O)[O-])cc1)N(CCc1ccc(Cl)cc1Cl)Cc1ccccn1. The summed E-state index contributed by atoms with van der Waals surface area (Å²) in [5.74, 6) is -0.240. The molecule has 0 atom stereocenters. The highest BCUT2D eigenvalue weighted by molar-refractivity contribution is 6.35. The van der Waals surface area contributed by atoms with Gasteiger partial charge in [-0.3, -0.25) is 19.9 Å². The van der Waals surface area contributed by atoms with E-state index in [2.05, 4.69) is 4.98 Å². The van der Waals surface area contributed by atoms with E-state index in [-0.39, 0.29) is 11.6 Å². The number of halogens is 2. The van der Waals surface area contributed by atoms with E-state index in [0.29, 0.717) is 35.1 Å². The minimum absolute atomic E-state index is 0.0641. The number of benzene rings is 2. The maximum atomic E-state index is 13.1. The molecule has 0 aliphatic rings. The summed E-state index contributed by atoms with van der Waals surface area (Å²) >= 11 is 12.2. The van der Waals surface area contributed by atoms with E-state index in [1.807, 2.05) is 18.2 Å². The van der Waals surface area contributed by atoms with Gasteiger partial charge < -0.3 is 4.90 Å². The van der Waals surface area contributed by atoms with E-state index < -0.39 is 4.92 Å². The van der Waals surface area contributed by atoms with E-state index in [1.165, 1.54) is 24.3 Å². The number of non-ortho nitro benzene ring substituents is 1. The molecule has 0 fully saturated rings. The average molecular weight is 430 g/mol. The molecular formula is C21H17Cl2N3O3. The van der Waals surface area contributed by atoms with Crippen molar-refractivity contribution in [3.63, 3.8) is 0 Å². The Kier molecular flexibility index (Phi) is 6.80. The summed E-state index contributed by atoms with van der Waals surface area (Å²) in [5.41, 5.74) is 1.92. The van der Waals surface area contributed by atoms with Crippen molar-refractivity contribution in [2.45, 2.75) is 13.0 Å². The maximum Gasteiger partial charge on any atom is 0.269 e. The number of rotatable bonds is 7. The van der Waals surface area contributed by atoms with Crippen LogP contribution in [0.2, 0.25) is 10.0 Å². The number of hydrogen-bond donors (Lipinski definition) is 0. The zero-order valence-corrected chi connectivity index (χ0v) is 16.8. The van der Waals surface area contributed by atoms with Gasteiger partial charge in [-0.2, -0.15) is 0 Å². The quantitative estimate of drug-likeness (QED) is 0.382. The summed E-state index contributed by atoms with van der Waals surface area (Å²) in [6.45, 7) is 0.704. The molecule has 1 aromatic heterocycles. The average Bonchev–Trinajstić information content (AvgIpc) is 2.72. The summed E-state index contributed by atoms with van der Waals surface area (Å²) in [6, 6.07) is 16.3. The van der Waals surface area contributed by atoms with Gasteiger partial charge in [-0.1, -0.05) is 35.3 Å². The Morgan fingerprint density at radius 3 is 2.45 bits per heavy atom. The van der Waals surface area contributed by atoms with Gasteiger partial charge in [0.25, 0.3) is 11.6 Å². The van der Waals surface area contributed by atoms with Gasteiger partial charge >= 0.3 is 0 Å². The Bertz CT molecular complexity index is 1010. The molecule has 0 saturated carbocycles. The number of pyridine rings is 1. The normalized spacial score (nSPS) is 10.6. The molecule has 29 heavy (non-hydrogen) atoms. The fraction of sp³-hybridized carbons (Fsp3) is 0.143. The highest BCUT2D eigenvalue weighted by atomic mass is 35.5. The van der Waals surface area contributed by atoms with Gasteiger partial charge in [-0.05, 0) is 48.4 Å². The van der Waals surface area contributed by atoms with Crippen LogP contribution in [-0.4, -0.2) is 27.3 Å². The van der Waals surface area contributed by atoms with Crippen LogP contribution in [0.3, 0.4) is 0 Å². The lowest BCUT2D eigenvalue weighted by Gasteiger charge is -2.23. The summed E-state index contributed by atoms with van der Waals surface area (Å²) in [4.78, 5) is 29.4. The number of carbonyl (C=O) groups excluding carboxylic acids is 1. The predicted molar refractivity (Wildman–Crippen MR) is 112 cm³/mol. The number of nitrogens with zero attached hydrogens (tertiary/aromatic N) is 3. The zero-order chi connectivity index (χ0) is 20.8. The summed E-state index contributed by atoms with van der Waals surface area (Å²) in [5, 5.41) is 11.9. The Balaban J connectivity index is 1.81. The molecule has 0 aliphatic heterocycles. The zero-order valence-electron chi connectivity index (χ0n) is 15.3. The number of nitro groups is 1.